The van der Waals surface area contributed by atoms with E-state index in [0.29, 0.717) is 0 Å². The summed E-state index contributed by atoms with van der Waals surface area (Å²) in [4.78, 5) is 13.8. The standard InChI is InChI=1S/C17H19N5/c1-12-7-5-9-18-15(12)14-11-13-8-6-10-19-16(13)17(20-14)22(4)21(2)3/h5-11H,1-4H3. The van der Waals surface area contributed by atoms with Gasteiger partial charge in [0.1, 0.15) is 5.52 Å². The average molecular weight is 293 g/mol. The first-order chi connectivity index (χ1) is 10.6. The molecule has 5 nitrogen and oxygen atoms in total. The van der Waals surface area contributed by atoms with Crippen molar-refractivity contribution in [2.45, 2.75) is 6.92 Å². The molecule has 0 aliphatic heterocycles. The van der Waals surface area contributed by atoms with Gasteiger partial charge < -0.3 is 0 Å². The van der Waals surface area contributed by atoms with Gasteiger partial charge in [0.15, 0.2) is 5.82 Å². The summed E-state index contributed by atoms with van der Waals surface area (Å²) in [6.07, 6.45) is 3.59. The largest absolute Gasteiger partial charge is 0.291 e. The number of anilines is 1. The first-order valence-corrected chi connectivity index (χ1v) is 7.16. The molecule has 3 aromatic heterocycles. The van der Waals surface area contributed by atoms with Gasteiger partial charge in [-0.1, -0.05) is 12.1 Å². The van der Waals surface area contributed by atoms with E-state index in [1.807, 2.05) is 62.4 Å². The lowest BCUT2D eigenvalue weighted by Crippen LogP contribution is -2.34. The van der Waals surface area contributed by atoms with E-state index >= 15 is 0 Å². The van der Waals surface area contributed by atoms with Crippen molar-refractivity contribution in [2.24, 2.45) is 0 Å². The fourth-order valence-electron chi connectivity index (χ4n) is 2.36. The van der Waals surface area contributed by atoms with Crippen LogP contribution < -0.4 is 5.01 Å². The Balaban J connectivity index is 2.28. The number of hydrazine groups is 1. The van der Waals surface area contributed by atoms with Gasteiger partial charge in [0.2, 0.25) is 0 Å². The molecule has 0 radical (unpaired) electrons. The van der Waals surface area contributed by atoms with E-state index in [9.17, 15) is 0 Å². The van der Waals surface area contributed by atoms with Crippen LogP contribution in [0.4, 0.5) is 5.82 Å². The highest BCUT2D eigenvalue weighted by molar-refractivity contribution is 5.91. The number of aryl methyl sites for hydroxylation is 1. The lowest BCUT2D eigenvalue weighted by atomic mass is 10.1. The fraction of sp³-hybridized carbons (Fsp3) is 0.235. The third-order valence-corrected chi connectivity index (χ3v) is 3.73. The van der Waals surface area contributed by atoms with Crippen LogP contribution in [0.25, 0.3) is 22.3 Å². The summed E-state index contributed by atoms with van der Waals surface area (Å²) < 4.78 is 0. The minimum Gasteiger partial charge on any atom is -0.291 e. The quantitative estimate of drug-likeness (QED) is 0.695. The zero-order valence-electron chi connectivity index (χ0n) is 13.3. The summed E-state index contributed by atoms with van der Waals surface area (Å²) in [5.41, 5.74) is 3.76. The third-order valence-electron chi connectivity index (χ3n) is 3.73. The predicted molar refractivity (Wildman–Crippen MR) is 89.6 cm³/mol. The molecule has 3 heterocycles. The molecular formula is C17H19N5. The van der Waals surface area contributed by atoms with Crippen LogP contribution in [0.5, 0.6) is 0 Å². The number of hydrogen-bond acceptors (Lipinski definition) is 5. The van der Waals surface area contributed by atoms with E-state index in [-0.39, 0.29) is 0 Å². The van der Waals surface area contributed by atoms with Gasteiger partial charge in [-0.3, -0.25) is 15.0 Å². The summed E-state index contributed by atoms with van der Waals surface area (Å²) in [5.74, 6) is 0.822. The van der Waals surface area contributed by atoms with Crippen molar-refractivity contribution >= 4 is 16.7 Å². The fourth-order valence-corrected chi connectivity index (χ4v) is 2.36. The van der Waals surface area contributed by atoms with Crippen LogP contribution in [-0.4, -0.2) is 41.1 Å². The highest BCUT2D eigenvalue weighted by Crippen LogP contribution is 2.28. The van der Waals surface area contributed by atoms with E-state index < -0.39 is 0 Å². The molecule has 0 spiro atoms. The Kier molecular flexibility index (Phi) is 3.73. The SMILES string of the molecule is Cc1cccnc1-c1cc2cccnc2c(N(C)N(C)C)n1. The van der Waals surface area contributed by atoms with Gasteiger partial charge >= 0.3 is 0 Å². The summed E-state index contributed by atoms with van der Waals surface area (Å²) >= 11 is 0. The van der Waals surface area contributed by atoms with Crippen LogP contribution >= 0.6 is 0 Å². The second-order valence-electron chi connectivity index (χ2n) is 5.45. The van der Waals surface area contributed by atoms with Gasteiger partial charge in [0, 0.05) is 38.9 Å². The summed E-state index contributed by atoms with van der Waals surface area (Å²) in [6.45, 7) is 2.05. The second kappa shape index (κ2) is 5.69. The minimum absolute atomic E-state index is 0.822. The maximum atomic E-state index is 4.81. The van der Waals surface area contributed by atoms with Crippen LogP contribution in [0, 0.1) is 6.92 Å². The third kappa shape index (κ3) is 2.51. The molecule has 0 aliphatic rings. The predicted octanol–water partition coefficient (Wildman–Crippen LogP) is 2.91. The topological polar surface area (TPSA) is 45.2 Å². The van der Waals surface area contributed by atoms with Gasteiger partial charge in [-0.2, -0.15) is 0 Å². The lowest BCUT2D eigenvalue weighted by Gasteiger charge is -2.26. The highest BCUT2D eigenvalue weighted by atomic mass is 15.6. The number of hydrogen-bond donors (Lipinski definition) is 0. The van der Waals surface area contributed by atoms with Crippen molar-refractivity contribution in [1.29, 1.82) is 0 Å². The van der Waals surface area contributed by atoms with E-state index in [2.05, 4.69) is 16.0 Å². The summed E-state index contributed by atoms with van der Waals surface area (Å²) in [6, 6.07) is 10.0. The molecule has 0 bridgehead atoms. The Morgan fingerprint density at radius 1 is 0.955 bits per heavy atom. The van der Waals surface area contributed by atoms with E-state index in [4.69, 9.17) is 4.98 Å². The van der Waals surface area contributed by atoms with Gasteiger partial charge in [0.25, 0.3) is 0 Å². The average Bonchev–Trinajstić information content (AvgIpc) is 2.53. The Morgan fingerprint density at radius 3 is 2.41 bits per heavy atom. The van der Waals surface area contributed by atoms with Crippen LogP contribution in [0.1, 0.15) is 5.56 Å². The maximum absolute atomic E-state index is 4.81. The van der Waals surface area contributed by atoms with Gasteiger partial charge in [-0.15, -0.1) is 0 Å². The first kappa shape index (κ1) is 14.4. The first-order valence-electron chi connectivity index (χ1n) is 7.16. The molecule has 0 saturated carbocycles. The minimum atomic E-state index is 0.822. The smallest absolute Gasteiger partial charge is 0.170 e. The van der Waals surface area contributed by atoms with E-state index in [1.54, 1.807) is 12.4 Å². The Labute approximate surface area is 130 Å². The van der Waals surface area contributed by atoms with Crippen LogP contribution in [-0.2, 0) is 0 Å². The monoisotopic (exact) mass is 293 g/mol. The normalized spacial score (nSPS) is 11.1. The molecule has 0 N–H and O–H groups in total. The molecule has 5 heteroatoms. The number of nitrogens with zero attached hydrogens (tertiary/aromatic N) is 5. The number of fused-ring (bicyclic) bond motifs is 1. The molecule has 0 atom stereocenters. The molecule has 0 amide bonds. The van der Waals surface area contributed by atoms with E-state index in [0.717, 1.165) is 33.7 Å². The summed E-state index contributed by atoms with van der Waals surface area (Å²) in [5, 5.41) is 5.02. The van der Waals surface area contributed by atoms with Gasteiger partial charge in [-0.05, 0) is 30.7 Å². The number of aromatic nitrogens is 3. The highest BCUT2D eigenvalue weighted by Gasteiger charge is 2.15. The van der Waals surface area contributed by atoms with Gasteiger partial charge in [-0.25, -0.2) is 9.99 Å². The molecule has 3 aromatic rings. The molecular weight excluding hydrogens is 274 g/mol. The molecule has 112 valence electrons. The van der Waals surface area contributed by atoms with Gasteiger partial charge in [0.05, 0.1) is 11.4 Å². The Bertz CT molecular complexity index is 813. The zero-order chi connectivity index (χ0) is 15.7. The van der Waals surface area contributed by atoms with Crippen LogP contribution in [0.2, 0.25) is 0 Å². The van der Waals surface area contributed by atoms with Crippen molar-refractivity contribution in [1.82, 2.24) is 20.0 Å². The number of pyridine rings is 3. The van der Waals surface area contributed by atoms with Crippen LogP contribution in [0.15, 0.2) is 42.7 Å². The summed E-state index contributed by atoms with van der Waals surface area (Å²) in [7, 11) is 5.94. The van der Waals surface area contributed by atoms with Crippen molar-refractivity contribution < 1.29 is 0 Å². The maximum Gasteiger partial charge on any atom is 0.170 e. The van der Waals surface area contributed by atoms with Crippen molar-refractivity contribution in [3.05, 3.63) is 48.3 Å². The molecule has 0 aromatic carbocycles. The molecule has 3 rings (SSSR count). The van der Waals surface area contributed by atoms with Crippen LogP contribution in [0.3, 0.4) is 0 Å². The zero-order valence-corrected chi connectivity index (χ0v) is 13.3. The van der Waals surface area contributed by atoms with E-state index in [1.165, 1.54) is 0 Å². The molecule has 0 fully saturated rings. The molecule has 0 aliphatic carbocycles. The molecule has 0 saturated heterocycles. The lowest BCUT2D eigenvalue weighted by molar-refractivity contribution is 0.395. The second-order valence-corrected chi connectivity index (χ2v) is 5.45. The van der Waals surface area contributed by atoms with Crippen molar-refractivity contribution in [2.75, 3.05) is 26.2 Å². The molecule has 0 unspecified atom stereocenters. The van der Waals surface area contributed by atoms with Crippen molar-refractivity contribution in [3.8, 4) is 11.4 Å². The van der Waals surface area contributed by atoms with Crippen molar-refractivity contribution in [3.63, 3.8) is 0 Å². The molecule has 22 heavy (non-hydrogen) atoms. The Hall–Kier alpha value is -2.53. The number of rotatable bonds is 3. The Morgan fingerprint density at radius 2 is 1.68 bits per heavy atom.